The van der Waals surface area contributed by atoms with Crippen LogP contribution >= 0.6 is 0 Å². The van der Waals surface area contributed by atoms with E-state index in [1.165, 1.54) is 12.4 Å². The number of nitrogens with zero attached hydrogens (tertiary/aromatic N) is 4. The van der Waals surface area contributed by atoms with Gasteiger partial charge in [-0.25, -0.2) is 9.97 Å². The Labute approximate surface area is 241 Å². The van der Waals surface area contributed by atoms with Crippen LogP contribution in [0, 0.1) is 5.92 Å². The van der Waals surface area contributed by atoms with Crippen molar-refractivity contribution in [1.82, 2.24) is 19.9 Å². The summed E-state index contributed by atoms with van der Waals surface area (Å²) in [7, 11) is 1.59. The fourth-order valence-electron chi connectivity index (χ4n) is 5.45. The summed E-state index contributed by atoms with van der Waals surface area (Å²) in [6, 6.07) is 12.7. The SMILES string of the molecule is CCN1CCCC(COc2cc3ncnc(-c4ccc(C(C(N)=O)c5ccc(C(F)(F)F)nc5)cc4)c3cc2OC)C1. The second kappa shape index (κ2) is 12.3. The van der Waals surface area contributed by atoms with Gasteiger partial charge in [-0.3, -0.25) is 9.78 Å². The lowest BCUT2D eigenvalue weighted by Gasteiger charge is -2.31. The highest BCUT2D eigenvalue weighted by Crippen LogP contribution is 2.37. The molecular formula is C31H32F3N5O3. The van der Waals surface area contributed by atoms with E-state index in [-0.39, 0.29) is 5.56 Å². The van der Waals surface area contributed by atoms with Crippen LogP contribution in [0.3, 0.4) is 0 Å². The molecule has 220 valence electrons. The van der Waals surface area contributed by atoms with Crippen LogP contribution in [0.25, 0.3) is 22.2 Å². The van der Waals surface area contributed by atoms with Crippen molar-refractivity contribution in [3.8, 4) is 22.8 Å². The third-order valence-corrected chi connectivity index (χ3v) is 7.66. The molecular weight excluding hydrogens is 547 g/mol. The van der Waals surface area contributed by atoms with Gasteiger partial charge in [0.1, 0.15) is 12.0 Å². The highest BCUT2D eigenvalue weighted by atomic mass is 19.4. The van der Waals surface area contributed by atoms with E-state index in [0.717, 1.165) is 55.7 Å². The summed E-state index contributed by atoms with van der Waals surface area (Å²) in [5.74, 6) is -0.0369. The molecule has 1 aliphatic rings. The first-order valence-electron chi connectivity index (χ1n) is 13.8. The zero-order chi connectivity index (χ0) is 29.9. The largest absolute Gasteiger partial charge is 0.493 e. The van der Waals surface area contributed by atoms with Crippen molar-refractivity contribution >= 4 is 16.8 Å². The van der Waals surface area contributed by atoms with Crippen molar-refractivity contribution in [2.24, 2.45) is 11.7 Å². The Balaban J connectivity index is 1.40. The number of hydrogen-bond acceptors (Lipinski definition) is 7. The summed E-state index contributed by atoms with van der Waals surface area (Å²) in [6.45, 7) is 5.94. The fraction of sp³-hybridized carbons (Fsp3) is 0.355. The number of aromatic nitrogens is 3. The molecule has 8 nitrogen and oxygen atoms in total. The maximum absolute atomic E-state index is 12.9. The Hall–Kier alpha value is -4.25. The minimum Gasteiger partial charge on any atom is -0.493 e. The number of alkyl halides is 3. The molecule has 0 radical (unpaired) electrons. The van der Waals surface area contributed by atoms with E-state index in [1.807, 2.05) is 12.1 Å². The minimum absolute atomic E-state index is 0.267. The maximum atomic E-state index is 12.9. The van der Waals surface area contributed by atoms with Crippen LogP contribution in [0.2, 0.25) is 0 Å². The highest BCUT2D eigenvalue weighted by molar-refractivity contribution is 5.94. The quantitative estimate of drug-likeness (QED) is 0.281. The molecule has 2 N–H and O–H groups in total. The molecule has 0 spiro atoms. The van der Waals surface area contributed by atoms with E-state index < -0.39 is 23.7 Å². The van der Waals surface area contributed by atoms with Crippen LogP contribution in [0.1, 0.15) is 42.5 Å². The van der Waals surface area contributed by atoms with Crippen LogP contribution in [0.15, 0.2) is 61.1 Å². The van der Waals surface area contributed by atoms with Gasteiger partial charge in [0.15, 0.2) is 11.5 Å². The van der Waals surface area contributed by atoms with Gasteiger partial charge in [-0.05, 0) is 49.2 Å². The standard InChI is InChI=1S/C31H32F3N5O3/c1-3-39-12-4-5-19(16-39)17-42-26-14-24-23(13-25(26)41-2)29(38-18-37-24)21-8-6-20(7-9-21)28(30(35)40)22-10-11-27(36-15-22)31(32,33)34/h6-11,13-15,18-19,28H,3-5,12,16-17H2,1-2H3,(H2,35,40). The van der Waals surface area contributed by atoms with E-state index in [2.05, 4.69) is 26.8 Å². The second-order valence-electron chi connectivity index (χ2n) is 10.4. The monoisotopic (exact) mass is 579 g/mol. The zero-order valence-corrected chi connectivity index (χ0v) is 23.4. The first-order chi connectivity index (χ1) is 20.2. The lowest BCUT2D eigenvalue weighted by atomic mass is 9.90. The predicted octanol–water partition coefficient (Wildman–Crippen LogP) is 5.45. The van der Waals surface area contributed by atoms with Crippen LogP contribution < -0.4 is 15.2 Å². The van der Waals surface area contributed by atoms with E-state index in [0.29, 0.717) is 40.8 Å². The van der Waals surface area contributed by atoms with Crippen LogP contribution in [0.4, 0.5) is 13.2 Å². The molecule has 4 aromatic rings. The van der Waals surface area contributed by atoms with Gasteiger partial charge >= 0.3 is 6.18 Å². The number of carbonyl (C=O) groups excluding carboxylic acids is 1. The molecule has 2 aromatic heterocycles. The fourth-order valence-corrected chi connectivity index (χ4v) is 5.45. The first kappa shape index (κ1) is 29.2. The number of carbonyl (C=O) groups is 1. The Bertz CT molecular complexity index is 1540. The average molecular weight is 580 g/mol. The van der Waals surface area contributed by atoms with Crippen molar-refractivity contribution in [2.75, 3.05) is 33.4 Å². The summed E-state index contributed by atoms with van der Waals surface area (Å²) in [6.07, 6.45) is 0.213. The third-order valence-electron chi connectivity index (χ3n) is 7.66. The Morgan fingerprint density at radius 2 is 1.83 bits per heavy atom. The van der Waals surface area contributed by atoms with Gasteiger partial charge in [0, 0.05) is 35.7 Å². The van der Waals surface area contributed by atoms with Crippen molar-refractivity contribution in [3.63, 3.8) is 0 Å². The maximum Gasteiger partial charge on any atom is 0.433 e. The highest BCUT2D eigenvalue weighted by Gasteiger charge is 2.33. The number of pyridine rings is 1. The molecule has 1 amide bonds. The molecule has 1 saturated heterocycles. The molecule has 0 saturated carbocycles. The van der Waals surface area contributed by atoms with Crippen LogP contribution in [0.5, 0.6) is 11.5 Å². The summed E-state index contributed by atoms with van der Waals surface area (Å²) in [4.78, 5) is 27.2. The minimum atomic E-state index is -4.58. The summed E-state index contributed by atoms with van der Waals surface area (Å²) in [5, 5.41) is 0.752. The Morgan fingerprint density at radius 1 is 1.07 bits per heavy atom. The third kappa shape index (κ3) is 6.30. The van der Waals surface area contributed by atoms with Gasteiger partial charge in [-0.1, -0.05) is 37.3 Å². The Morgan fingerprint density at radius 3 is 2.48 bits per heavy atom. The number of ether oxygens (including phenoxy) is 2. The smallest absolute Gasteiger partial charge is 0.433 e. The molecule has 1 aliphatic heterocycles. The van der Waals surface area contributed by atoms with Crippen molar-refractivity contribution < 1.29 is 27.4 Å². The van der Waals surface area contributed by atoms with Gasteiger partial charge in [0.05, 0.1) is 30.8 Å². The molecule has 2 aromatic carbocycles. The molecule has 2 unspecified atom stereocenters. The van der Waals surface area contributed by atoms with Crippen molar-refractivity contribution in [3.05, 3.63) is 77.9 Å². The number of benzene rings is 2. The number of halogens is 3. The van der Waals surface area contributed by atoms with Crippen LogP contribution in [-0.4, -0.2) is 59.1 Å². The molecule has 11 heteroatoms. The number of likely N-dealkylation sites (tertiary alicyclic amines) is 1. The summed E-state index contributed by atoms with van der Waals surface area (Å²) in [5.41, 5.74) is 7.47. The van der Waals surface area contributed by atoms with Gasteiger partial charge in [0.2, 0.25) is 5.91 Å². The van der Waals surface area contributed by atoms with E-state index in [1.54, 1.807) is 31.4 Å². The lowest BCUT2D eigenvalue weighted by Crippen LogP contribution is -2.37. The number of nitrogens with two attached hydrogens (primary N) is 1. The molecule has 0 aliphatic carbocycles. The number of hydrogen-bond donors (Lipinski definition) is 1. The second-order valence-corrected chi connectivity index (χ2v) is 10.4. The first-order valence-corrected chi connectivity index (χ1v) is 13.8. The number of piperidine rings is 1. The van der Waals surface area contributed by atoms with Gasteiger partial charge in [0.25, 0.3) is 0 Å². The number of primary amides is 1. The number of rotatable bonds is 9. The van der Waals surface area contributed by atoms with E-state index in [4.69, 9.17) is 15.2 Å². The van der Waals surface area contributed by atoms with Crippen LogP contribution in [-0.2, 0) is 11.0 Å². The normalized spacial score (nSPS) is 16.7. The predicted molar refractivity (Wildman–Crippen MR) is 152 cm³/mol. The molecule has 0 bridgehead atoms. The number of amides is 1. The number of fused-ring (bicyclic) bond motifs is 1. The van der Waals surface area contributed by atoms with Crippen molar-refractivity contribution in [2.45, 2.75) is 31.9 Å². The van der Waals surface area contributed by atoms with Gasteiger partial charge in [-0.15, -0.1) is 0 Å². The van der Waals surface area contributed by atoms with Gasteiger partial charge in [-0.2, -0.15) is 13.2 Å². The summed E-state index contributed by atoms with van der Waals surface area (Å²) >= 11 is 0. The molecule has 42 heavy (non-hydrogen) atoms. The zero-order valence-electron chi connectivity index (χ0n) is 23.4. The topological polar surface area (TPSA) is 103 Å². The van der Waals surface area contributed by atoms with Gasteiger partial charge < -0.3 is 20.1 Å². The van der Waals surface area contributed by atoms with E-state index >= 15 is 0 Å². The Kier molecular flexibility index (Phi) is 8.58. The van der Waals surface area contributed by atoms with Crippen molar-refractivity contribution in [1.29, 1.82) is 0 Å². The number of methoxy groups -OCH3 is 1. The molecule has 5 rings (SSSR count). The molecule has 1 fully saturated rings. The molecule has 2 atom stereocenters. The van der Waals surface area contributed by atoms with E-state index in [9.17, 15) is 18.0 Å². The lowest BCUT2D eigenvalue weighted by molar-refractivity contribution is -0.141. The average Bonchev–Trinajstić information content (AvgIpc) is 2.99. The molecule has 3 heterocycles. The summed E-state index contributed by atoms with van der Waals surface area (Å²) < 4.78 is 50.7.